The van der Waals surface area contributed by atoms with Crippen LogP contribution in [0, 0.1) is 18.3 Å². The summed E-state index contributed by atoms with van der Waals surface area (Å²) in [4.78, 5) is 29.1. The van der Waals surface area contributed by atoms with Gasteiger partial charge in [-0.3, -0.25) is 14.5 Å². The summed E-state index contributed by atoms with van der Waals surface area (Å²) in [5.74, 6) is -1.12. The average molecular weight is 647 g/mol. The lowest BCUT2D eigenvalue weighted by Crippen LogP contribution is -2.49. The van der Waals surface area contributed by atoms with Crippen LogP contribution in [0.25, 0.3) is 28.6 Å². The minimum Gasteiger partial charge on any atom is -0.493 e. The van der Waals surface area contributed by atoms with Crippen molar-refractivity contribution in [3.05, 3.63) is 113 Å². The third kappa shape index (κ3) is 6.40. The number of aryl methyl sites for hydroxylation is 1. The van der Waals surface area contributed by atoms with E-state index in [1.165, 1.54) is 0 Å². The zero-order valence-electron chi connectivity index (χ0n) is 26.2. The summed E-state index contributed by atoms with van der Waals surface area (Å²) in [7, 11) is -3.43. The number of hydrogen-bond donors (Lipinski definition) is 0. The number of hydrogen-bond acceptors (Lipinski definition) is 7. The zero-order valence-corrected chi connectivity index (χ0v) is 27.0. The predicted molar refractivity (Wildman–Crippen MR) is 180 cm³/mol. The lowest BCUT2D eigenvalue weighted by molar-refractivity contribution is -0.142. The Hall–Kier alpha value is -5.27. The summed E-state index contributed by atoms with van der Waals surface area (Å²) >= 11 is 0. The molecule has 6 rings (SSSR count). The van der Waals surface area contributed by atoms with E-state index in [-0.39, 0.29) is 34.6 Å². The molecule has 0 aliphatic carbocycles. The fourth-order valence-corrected chi connectivity index (χ4v) is 7.71. The van der Waals surface area contributed by atoms with Crippen molar-refractivity contribution in [2.24, 2.45) is 0 Å². The highest BCUT2D eigenvalue weighted by molar-refractivity contribution is 7.91. The number of carbonyl (C=O) groups excluding carboxylic acids is 2. The van der Waals surface area contributed by atoms with E-state index in [0.29, 0.717) is 23.4 Å². The Morgan fingerprint density at radius 1 is 1.00 bits per heavy atom. The molecule has 3 aromatic carbocycles. The molecule has 0 spiro atoms. The topological polar surface area (TPSA) is 122 Å². The molecule has 1 unspecified atom stereocenters. The Kier molecular flexibility index (Phi) is 8.92. The molecule has 10 heteroatoms. The standard InChI is InChI=1S/C37H34N4O5S/c1-3-4-18-46-33-16-15-27(20-25(33)2)35-28(23-40(39-35)29-13-9-6-10-14-29)21-31-34(26-11-7-5-8-12-26)32(22-38)37(43)41(36(31)42)30-17-19-47(44,45)24-30/h5-16,20-21,23,30H,3-4,17-19,24H2,1-2H3/b31-21-. The Morgan fingerprint density at radius 2 is 1.72 bits per heavy atom. The van der Waals surface area contributed by atoms with Crippen LogP contribution in [-0.4, -0.2) is 59.1 Å². The van der Waals surface area contributed by atoms with Gasteiger partial charge in [-0.1, -0.05) is 61.9 Å². The Bertz CT molecular complexity index is 2060. The second-order valence-corrected chi connectivity index (χ2v) is 13.9. The first-order valence-electron chi connectivity index (χ1n) is 15.6. The number of ether oxygens (including phenoxy) is 1. The maximum atomic E-state index is 14.4. The summed E-state index contributed by atoms with van der Waals surface area (Å²) in [5, 5.41) is 15.2. The maximum absolute atomic E-state index is 14.4. The van der Waals surface area contributed by atoms with Crippen molar-refractivity contribution in [2.45, 2.75) is 39.2 Å². The van der Waals surface area contributed by atoms with Gasteiger partial charge in [0.25, 0.3) is 11.8 Å². The highest BCUT2D eigenvalue weighted by atomic mass is 32.2. The van der Waals surface area contributed by atoms with Gasteiger partial charge >= 0.3 is 0 Å². The fraction of sp³-hybridized carbons (Fsp3) is 0.243. The van der Waals surface area contributed by atoms with Gasteiger partial charge in [0.1, 0.15) is 17.4 Å². The van der Waals surface area contributed by atoms with E-state index in [4.69, 9.17) is 9.84 Å². The Morgan fingerprint density at radius 3 is 2.36 bits per heavy atom. The molecule has 0 bridgehead atoms. The van der Waals surface area contributed by atoms with Gasteiger partial charge in [-0.2, -0.15) is 10.4 Å². The van der Waals surface area contributed by atoms with Crippen molar-refractivity contribution in [2.75, 3.05) is 18.1 Å². The first-order valence-corrected chi connectivity index (χ1v) is 17.4. The van der Waals surface area contributed by atoms with Crippen LogP contribution >= 0.6 is 0 Å². The van der Waals surface area contributed by atoms with Crippen molar-refractivity contribution in [3.8, 4) is 28.8 Å². The highest BCUT2D eigenvalue weighted by Gasteiger charge is 2.45. The summed E-state index contributed by atoms with van der Waals surface area (Å²) in [5.41, 5.74) is 4.30. The minimum atomic E-state index is -3.43. The molecular formula is C37H34N4O5S. The van der Waals surface area contributed by atoms with Crippen LogP contribution in [0.2, 0.25) is 0 Å². The van der Waals surface area contributed by atoms with Crippen molar-refractivity contribution < 1.29 is 22.7 Å². The van der Waals surface area contributed by atoms with Gasteiger partial charge in [0, 0.05) is 22.9 Å². The molecule has 3 heterocycles. The van der Waals surface area contributed by atoms with Gasteiger partial charge in [0.2, 0.25) is 0 Å². The zero-order chi connectivity index (χ0) is 33.1. The predicted octanol–water partition coefficient (Wildman–Crippen LogP) is 5.94. The molecule has 47 heavy (non-hydrogen) atoms. The second kappa shape index (κ2) is 13.2. The fourth-order valence-electron chi connectivity index (χ4n) is 6.01. The summed E-state index contributed by atoms with van der Waals surface area (Å²) < 4.78 is 32.5. The molecule has 1 atom stereocenters. The Balaban J connectivity index is 1.55. The van der Waals surface area contributed by atoms with E-state index < -0.39 is 27.7 Å². The molecule has 4 aromatic rings. The minimum absolute atomic E-state index is 0.113. The van der Waals surface area contributed by atoms with Crippen LogP contribution in [0.1, 0.15) is 42.9 Å². The van der Waals surface area contributed by atoms with Crippen LogP contribution in [0.5, 0.6) is 5.75 Å². The third-order valence-electron chi connectivity index (χ3n) is 8.42. The van der Waals surface area contributed by atoms with Crippen LogP contribution in [0.3, 0.4) is 0 Å². The number of imide groups is 1. The second-order valence-electron chi connectivity index (χ2n) is 11.7. The van der Waals surface area contributed by atoms with Crippen LogP contribution in [0.4, 0.5) is 0 Å². The summed E-state index contributed by atoms with van der Waals surface area (Å²) in [6.07, 6.45) is 5.56. The number of rotatable bonds is 9. The normalized spacial score (nSPS) is 18.5. The molecule has 2 aliphatic heterocycles. The molecule has 1 aromatic heterocycles. The molecule has 2 amide bonds. The average Bonchev–Trinajstić information content (AvgIpc) is 3.66. The first kappa shape index (κ1) is 31.7. The first-order chi connectivity index (χ1) is 22.7. The molecule has 238 valence electrons. The van der Waals surface area contributed by atoms with E-state index in [9.17, 15) is 23.3 Å². The summed E-state index contributed by atoms with van der Waals surface area (Å²) in [6, 6.07) is 25.4. The number of nitrogens with zero attached hydrogens (tertiary/aromatic N) is 4. The molecule has 9 nitrogen and oxygen atoms in total. The van der Waals surface area contributed by atoms with Crippen molar-refractivity contribution in [1.29, 1.82) is 5.26 Å². The number of unbranched alkanes of at least 4 members (excludes halogenated alkanes) is 1. The van der Waals surface area contributed by atoms with Gasteiger partial charge in [-0.25, -0.2) is 13.1 Å². The molecule has 0 radical (unpaired) electrons. The molecule has 1 fully saturated rings. The van der Waals surface area contributed by atoms with Gasteiger partial charge in [-0.05, 0) is 67.3 Å². The molecule has 1 saturated heterocycles. The van der Waals surface area contributed by atoms with Crippen LogP contribution in [0.15, 0.2) is 96.2 Å². The van der Waals surface area contributed by atoms with Gasteiger partial charge in [-0.15, -0.1) is 0 Å². The van der Waals surface area contributed by atoms with Gasteiger partial charge < -0.3 is 4.74 Å². The number of nitriles is 1. The van der Waals surface area contributed by atoms with Crippen LogP contribution < -0.4 is 4.74 Å². The van der Waals surface area contributed by atoms with Crippen molar-refractivity contribution in [1.82, 2.24) is 14.7 Å². The van der Waals surface area contributed by atoms with E-state index in [2.05, 4.69) is 6.92 Å². The Labute approximate surface area is 274 Å². The third-order valence-corrected chi connectivity index (χ3v) is 10.2. The maximum Gasteiger partial charge on any atom is 0.272 e. The smallest absolute Gasteiger partial charge is 0.272 e. The number of carbonyl (C=O) groups is 2. The quantitative estimate of drug-likeness (QED) is 0.125. The lowest BCUT2D eigenvalue weighted by atomic mass is 9.86. The SMILES string of the molecule is CCCCOc1ccc(-c2nn(-c3ccccc3)cc2/C=C2\C(=O)N(C3CCS(=O)(=O)C3)C(=O)C(C#N)=C2c2ccccc2)cc1C. The number of amides is 2. The largest absolute Gasteiger partial charge is 0.493 e. The van der Waals surface area contributed by atoms with E-state index in [0.717, 1.165) is 40.3 Å². The highest BCUT2D eigenvalue weighted by Crippen LogP contribution is 2.38. The monoisotopic (exact) mass is 646 g/mol. The molecule has 0 saturated carbocycles. The summed E-state index contributed by atoms with van der Waals surface area (Å²) in [6.45, 7) is 4.70. The number of aromatic nitrogens is 2. The lowest BCUT2D eigenvalue weighted by Gasteiger charge is -2.32. The van der Waals surface area contributed by atoms with Crippen molar-refractivity contribution in [3.63, 3.8) is 0 Å². The molecular weight excluding hydrogens is 612 g/mol. The number of sulfone groups is 1. The van der Waals surface area contributed by atoms with E-state index in [1.54, 1.807) is 41.2 Å². The number of benzene rings is 3. The van der Waals surface area contributed by atoms with Gasteiger partial charge in [0.15, 0.2) is 9.84 Å². The van der Waals surface area contributed by atoms with E-state index in [1.807, 2.05) is 67.6 Å². The molecule has 2 aliphatic rings. The van der Waals surface area contributed by atoms with Crippen molar-refractivity contribution >= 4 is 33.3 Å². The van der Waals surface area contributed by atoms with E-state index >= 15 is 0 Å². The van der Waals surface area contributed by atoms with Crippen LogP contribution in [-0.2, 0) is 19.4 Å². The van der Waals surface area contributed by atoms with Gasteiger partial charge in [0.05, 0.1) is 41.1 Å². The molecule has 0 N–H and O–H groups in total. The number of para-hydroxylation sites is 1.